The fraction of sp³-hybridized carbons (Fsp3) is 0.304. The van der Waals surface area contributed by atoms with Crippen molar-refractivity contribution in [2.45, 2.75) is 32.7 Å². The minimum Gasteiger partial charge on any atom is -0.507 e. The van der Waals surface area contributed by atoms with Crippen LogP contribution in [0.2, 0.25) is 0 Å². The van der Waals surface area contributed by atoms with Crippen molar-refractivity contribution in [3.63, 3.8) is 0 Å². The lowest BCUT2D eigenvalue weighted by atomic mass is 9.94. The van der Waals surface area contributed by atoms with Crippen LogP contribution in [-0.4, -0.2) is 35.4 Å². The standard InChI is InChI=1S/C23H24FNO4/c1-4-5-12-25-20(16-8-6-7-9-17(16)24)19(22(27)23(25)28)21(26)15-10-11-18(29-3)14(2)13-15/h6-11,13,20,26H,4-5,12H2,1-3H3/b21-19+. The van der Waals surface area contributed by atoms with Gasteiger partial charge < -0.3 is 14.7 Å². The van der Waals surface area contributed by atoms with E-state index in [0.717, 1.165) is 12.0 Å². The maximum Gasteiger partial charge on any atom is 0.295 e. The van der Waals surface area contributed by atoms with Gasteiger partial charge in [0.05, 0.1) is 18.7 Å². The highest BCUT2D eigenvalue weighted by Gasteiger charge is 2.46. The van der Waals surface area contributed by atoms with Gasteiger partial charge in [0.15, 0.2) is 0 Å². The molecule has 0 aliphatic carbocycles. The average molecular weight is 397 g/mol. The van der Waals surface area contributed by atoms with Crippen molar-refractivity contribution in [1.29, 1.82) is 0 Å². The SMILES string of the molecule is CCCCN1C(=O)C(=O)/C(=C(/O)c2ccc(OC)c(C)c2)C1c1ccccc1F. The van der Waals surface area contributed by atoms with E-state index < -0.39 is 23.5 Å². The van der Waals surface area contributed by atoms with E-state index in [4.69, 9.17) is 4.74 Å². The molecule has 0 saturated carbocycles. The Morgan fingerprint density at radius 3 is 2.55 bits per heavy atom. The van der Waals surface area contributed by atoms with Crippen molar-refractivity contribution in [3.8, 4) is 5.75 Å². The first-order valence-corrected chi connectivity index (χ1v) is 9.58. The van der Waals surface area contributed by atoms with E-state index in [1.54, 1.807) is 37.4 Å². The summed E-state index contributed by atoms with van der Waals surface area (Å²) in [5, 5.41) is 11.0. The molecule has 6 heteroatoms. The summed E-state index contributed by atoms with van der Waals surface area (Å²) in [6.07, 6.45) is 1.48. The second-order valence-corrected chi connectivity index (χ2v) is 7.05. The maximum absolute atomic E-state index is 14.6. The third kappa shape index (κ3) is 3.75. The number of aryl methyl sites for hydroxylation is 1. The zero-order valence-corrected chi connectivity index (χ0v) is 16.7. The largest absolute Gasteiger partial charge is 0.507 e. The van der Waals surface area contributed by atoms with Crippen molar-refractivity contribution in [1.82, 2.24) is 4.90 Å². The number of hydrogen-bond acceptors (Lipinski definition) is 4. The van der Waals surface area contributed by atoms with Gasteiger partial charge in [0.1, 0.15) is 17.3 Å². The quantitative estimate of drug-likeness (QED) is 0.447. The number of Topliss-reactive ketones (excluding diaryl/α,β-unsaturated/α-hetero) is 1. The van der Waals surface area contributed by atoms with Gasteiger partial charge in [0, 0.05) is 17.7 Å². The highest BCUT2D eigenvalue weighted by atomic mass is 19.1. The number of benzene rings is 2. The Hall–Kier alpha value is -3.15. The molecule has 0 bridgehead atoms. The van der Waals surface area contributed by atoms with Crippen LogP contribution in [0.15, 0.2) is 48.0 Å². The molecule has 2 aromatic carbocycles. The molecule has 1 atom stereocenters. The van der Waals surface area contributed by atoms with Gasteiger partial charge in [-0.25, -0.2) is 4.39 Å². The topological polar surface area (TPSA) is 66.8 Å². The van der Waals surface area contributed by atoms with Crippen molar-refractivity contribution >= 4 is 17.4 Å². The zero-order chi connectivity index (χ0) is 21.1. The second-order valence-electron chi connectivity index (χ2n) is 7.05. The van der Waals surface area contributed by atoms with E-state index in [2.05, 4.69) is 0 Å². The van der Waals surface area contributed by atoms with Crippen LogP contribution in [0.3, 0.4) is 0 Å². The number of carbonyl (C=O) groups is 2. The van der Waals surface area contributed by atoms with Crippen LogP contribution >= 0.6 is 0 Å². The molecule has 3 rings (SSSR count). The normalized spacial score (nSPS) is 18.3. The number of aliphatic hydroxyl groups excluding tert-OH is 1. The fourth-order valence-electron chi connectivity index (χ4n) is 3.64. The first-order chi connectivity index (χ1) is 13.9. The summed E-state index contributed by atoms with van der Waals surface area (Å²) < 4.78 is 19.9. The summed E-state index contributed by atoms with van der Waals surface area (Å²) in [6, 6.07) is 10.0. The first kappa shape index (κ1) is 20.6. The zero-order valence-electron chi connectivity index (χ0n) is 16.7. The lowest BCUT2D eigenvalue weighted by Gasteiger charge is -2.25. The number of nitrogens with zero attached hydrogens (tertiary/aromatic N) is 1. The van der Waals surface area contributed by atoms with E-state index in [1.165, 1.54) is 17.0 Å². The van der Waals surface area contributed by atoms with Crippen LogP contribution in [-0.2, 0) is 9.59 Å². The van der Waals surface area contributed by atoms with Crippen LogP contribution in [0.5, 0.6) is 5.75 Å². The smallest absolute Gasteiger partial charge is 0.295 e. The van der Waals surface area contributed by atoms with Gasteiger partial charge in [-0.15, -0.1) is 0 Å². The number of rotatable bonds is 6. The number of unbranched alkanes of at least 4 members (excludes halogenated alkanes) is 1. The molecule has 0 aromatic heterocycles. The number of aliphatic hydroxyl groups is 1. The Balaban J connectivity index is 2.19. The van der Waals surface area contributed by atoms with Gasteiger partial charge in [-0.2, -0.15) is 0 Å². The third-order valence-electron chi connectivity index (χ3n) is 5.16. The summed E-state index contributed by atoms with van der Waals surface area (Å²) in [5.74, 6) is -1.74. The Bertz CT molecular complexity index is 983. The highest BCUT2D eigenvalue weighted by molar-refractivity contribution is 6.46. The highest BCUT2D eigenvalue weighted by Crippen LogP contribution is 2.40. The molecule has 0 radical (unpaired) electrons. The summed E-state index contributed by atoms with van der Waals surface area (Å²) in [6.45, 7) is 4.08. The maximum atomic E-state index is 14.6. The predicted octanol–water partition coefficient (Wildman–Crippen LogP) is 4.36. The molecule has 1 unspecified atom stereocenters. The van der Waals surface area contributed by atoms with Crippen molar-refractivity contribution in [3.05, 3.63) is 70.5 Å². The molecule has 1 aliphatic heterocycles. The number of amides is 1. The lowest BCUT2D eigenvalue weighted by Crippen LogP contribution is -2.31. The molecule has 1 N–H and O–H groups in total. The van der Waals surface area contributed by atoms with Crippen LogP contribution in [0.4, 0.5) is 4.39 Å². The molecular formula is C23H24FNO4. The van der Waals surface area contributed by atoms with Crippen LogP contribution in [0, 0.1) is 12.7 Å². The number of hydrogen-bond donors (Lipinski definition) is 1. The molecular weight excluding hydrogens is 373 g/mol. The average Bonchev–Trinajstić information content (AvgIpc) is 2.96. The van der Waals surface area contributed by atoms with Crippen molar-refractivity contribution < 1.29 is 23.8 Å². The Kier molecular flexibility index (Phi) is 6.01. The number of halogens is 1. The molecule has 1 aliphatic rings. The number of ketones is 1. The van der Waals surface area contributed by atoms with Crippen molar-refractivity contribution in [2.75, 3.05) is 13.7 Å². The second kappa shape index (κ2) is 8.47. The molecule has 1 fully saturated rings. The van der Waals surface area contributed by atoms with Gasteiger partial charge in [-0.3, -0.25) is 9.59 Å². The van der Waals surface area contributed by atoms with E-state index in [9.17, 15) is 19.1 Å². The number of methoxy groups -OCH3 is 1. The van der Waals surface area contributed by atoms with E-state index >= 15 is 0 Å². The summed E-state index contributed by atoms with van der Waals surface area (Å²) in [7, 11) is 1.54. The fourth-order valence-corrected chi connectivity index (χ4v) is 3.64. The number of ether oxygens (including phenoxy) is 1. The molecule has 2 aromatic rings. The molecule has 1 heterocycles. The van der Waals surface area contributed by atoms with Crippen molar-refractivity contribution in [2.24, 2.45) is 0 Å². The molecule has 29 heavy (non-hydrogen) atoms. The Morgan fingerprint density at radius 2 is 1.93 bits per heavy atom. The minimum absolute atomic E-state index is 0.0965. The summed E-state index contributed by atoms with van der Waals surface area (Å²) >= 11 is 0. The van der Waals surface area contributed by atoms with E-state index in [0.29, 0.717) is 24.3 Å². The van der Waals surface area contributed by atoms with Crippen LogP contribution < -0.4 is 4.74 Å². The monoisotopic (exact) mass is 397 g/mol. The number of likely N-dealkylation sites (tertiary alicyclic amines) is 1. The van der Waals surface area contributed by atoms with Gasteiger partial charge in [-0.05, 0) is 43.2 Å². The van der Waals surface area contributed by atoms with E-state index in [-0.39, 0.29) is 16.9 Å². The molecule has 0 spiro atoms. The van der Waals surface area contributed by atoms with Gasteiger partial charge in [0.2, 0.25) is 0 Å². The number of carbonyl (C=O) groups excluding carboxylic acids is 2. The van der Waals surface area contributed by atoms with Gasteiger partial charge in [0.25, 0.3) is 11.7 Å². The minimum atomic E-state index is -0.967. The molecule has 152 valence electrons. The molecule has 5 nitrogen and oxygen atoms in total. The predicted molar refractivity (Wildman–Crippen MR) is 108 cm³/mol. The third-order valence-corrected chi connectivity index (χ3v) is 5.16. The van der Waals surface area contributed by atoms with E-state index in [1.807, 2.05) is 13.8 Å². The van der Waals surface area contributed by atoms with Gasteiger partial charge >= 0.3 is 0 Å². The molecule has 1 amide bonds. The van der Waals surface area contributed by atoms with Crippen LogP contribution in [0.25, 0.3) is 5.76 Å². The van der Waals surface area contributed by atoms with Crippen LogP contribution in [0.1, 0.15) is 42.5 Å². The molecule has 1 saturated heterocycles. The van der Waals surface area contributed by atoms with Gasteiger partial charge in [-0.1, -0.05) is 31.5 Å². The Morgan fingerprint density at radius 1 is 1.21 bits per heavy atom. The summed E-state index contributed by atoms with van der Waals surface area (Å²) in [5.41, 5.74) is 1.23. The lowest BCUT2D eigenvalue weighted by molar-refractivity contribution is -0.139. The Labute approximate surface area is 169 Å². The first-order valence-electron chi connectivity index (χ1n) is 9.58. The summed E-state index contributed by atoms with van der Waals surface area (Å²) in [4.78, 5) is 26.9.